The Bertz CT molecular complexity index is 2090. The van der Waals surface area contributed by atoms with Gasteiger partial charge < -0.3 is 10.1 Å². The third-order valence-electron chi connectivity index (χ3n) is 7.08. The van der Waals surface area contributed by atoms with Crippen LogP contribution < -0.4 is 24.9 Å². The lowest BCUT2D eigenvalue weighted by Crippen LogP contribution is -2.40. The number of ether oxygens (including phenoxy) is 1. The van der Waals surface area contributed by atoms with Gasteiger partial charge in [-0.25, -0.2) is 13.8 Å². The van der Waals surface area contributed by atoms with Gasteiger partial charge in [0.25, 0.3) is 11.5 Å². The molecular formula is C34H24BrF2N3O3S. The Morgan fingerprint density at radius 3 is 2.48 bits per heavy atom. The van der Waals surface area contributed by atoms with Gasteiger partial charge >= 0.3 is 0 Å². The average molecular weight is 673 g/mol. The number of benzene rings is 4. The molecule has 0 aliphatic carbocycles. The highest BCUT2D eigenvalue weighted by Gasteiger charge is 2.32. The SMILES string of the molecule is CC1=C(C(=O)Nc2ccccc2)[C@@H](c2ccc(F)cc2)n2c(s/c(=C\c3ccc(OCc4ccccc4F)c(Br)c3)c2=O)=N1. The molecule has 10 heteroatoms. The molecule has 1 aromatic heterocycles. The predicted molar refractivity (Wildman–Crippen MR) is 170 cm³/mol. The monoisotopic (exact) mass is 671 g/mol. The Balaban J connectivity index is 1.37. The first kappa shape index (κ1) is 29.4. The van der Waals surface area contributed by atoms with Gasteiger partial charge in [-0.3, -0.25) is 14.2 Å². The molecule has 0 saturated heterocycles. The normalized spacial score (nSPS) is 14.6. The number of carbonyl (C=O) groups is 1. The Morgan fingerprint density at radius 2 is 1.75 bits per heavy atom. The van der Waals surface area contributed by atoms with Gasteiger partial charge in [-0.1, -0.05) is 65.9 Å². The Labute approximate surface area is 263 Å². The zero-order valence-corrected chi connectivity index (χ0v) is 25.7. The van der Waals surface area contributed by atoms with Gasteiger partial charge in [0.2, 0.25) is 0 Å². The second-order valence-corrected chi connectivity index (χ2v) is 11.9. The second-order valence-electron chi connectivity index (χ2n) is 10.0. The third kappa shape index (κ3) is 6.04. The lowest BCUT2D eigenvalue weighted by atomic mass is 9.95. The van der Waals surface area contributed by atoms with Crippen molar-refractivity contribution < 1.29 is 18.3 Å². The minimum atomic E-state index is -0.821. The summed E-state index contributed by atoms with van der Waals surface area (Å²) in [4.78, 5) is 32.6. The van der Waals surface area contributed by atoms with Crippen LogP contribution in [0.2, 0.25) is 0 Å². The first-order valence-corrected chi connectivity index (χ1v) is 15.2. The van der Waals surface area contributed by atoms with E-state index in [1.165, 1.54) is 34.1 Å². The molecule has 5 aromatic rings. The van der Waals surface area contributed by atoms with Crippen molar-refractivity contribution >= 4 is 44.9 Å². The Morgan fingerprint density at radius 1 is 1.02 bits per heavy atom. The molecule has 44 heavy (non-hydrogen) atoms. The average Bonchev–Trinajstić information content (AvgIpc) is 3.31. The van der Waals surface area contributed by atoms with Crippen LogP contribution in [0.1, 0.15) is 29.7 Å². The van der Waals surface area contributed by atoms with Crippen LogP contribution in [-0.2, 0) is 11.4 Å². The molecule has 0 bridgehead atoms. The maximum atomic E-state index is 14.0. The summed E-state index contributed by atoms with van der Waals surface area (Å²) < 4.78 is 36.2. The van der Waals surface area contributed by atoms with Gasteiger partial charge in [-0.2, -0.15) is 0 Å². The highest BCUT2D eigenvalue weighted by molar-refractivity contribution is 9.10. The predicted octanol–water partition coefficient (Wildman–Crippen LogP) is 6.49. The summed E-state index contributed by atoms with van der Waals surface area (Å²) in [6, 6.07) is 25.7. The molecule has 0 fully saturated rings. The molecule has 0 spiro atoms. The van der Waals surface area contributed by atoms with E-state index in [0.29, 0.717) is 47.6 Å². The van der Waals surface area contributed by atoms with Gasteiger partial charge in [0.05, 0.1) is 26.3 Å². The molecule has 1 aliphatic heterocycles. The molecule has 6 nitrogen and oxygen atoms in total. The van der Waals surface area contributed by atoms with Crippen LogP contribution >= 0.6 is 27.3 Å². The number of rotatable bonds is 7. The highest BCUT2D eigenvalue weighted by Crippen LogP contribution is 2.31. The molecule has 4 aromatic carbocycles. The fraction of sp³-hybridized carbons (Fsp3) is 0.0882. The minimum Gasteiger partial charge on any atom is -0.488 e. The summed E-state index contributed by atoms with van der Waals surface area (Å²) >= 11 is 4.71. The van der Waals surface area contributed by atoms with E-state index < -0.39 is 17.8 Å². The first-order chi connectivity index (χ1) is 21.3. The van der Waals surface area contributed by atoms with Crippen molar-refractivity contribution in [2.45, 2.75) is 19.6 Å². The molecule has 6 rings (SSSR count). The van der Waals surface area contributed by atoms with Crippen LogP contribution in [0.25, 0.3) is 6.08 Å². The standard InChI is InChI=1S/C34H24BrF2N3O3S/c1-20-30(32(41)39-25-8-3-2-4-9-25)31(22-12-14-24(36)15-13-22)40-33(42)29(44-34(40)38-20)18-21-11-16-28(26(35)17-21)43-19-23-7-5-6-10-27(23)37/h2-18,31H,19H2,1H3,(H,39,41)/b29-18-/t31-/m1/s1. The van der Waals surface area contributed by atoms with E-state index in [0.717, 1.165) is 5.56 Å². The lowest BCUT2D eigenvalue weighted by molar-refractivity contribution is -0.113. The van der Waals surface area contributed by atoms with E-state index in [1.54, 1.807) is 73.7 Å². The van der Waals surface area contributed by atoms with E-state index in [9.17, 15) is 18.4 Å². The number of hydrogen-bond acceptors (Lipinski definition) is 5. The molecule has 0 unspecified atom stereocenters. The fourth-order valence-corrected chi connectivity index (χ4v) is 6.50. The van der Waals surface area contributed by atoms with Crippen LogP contribution in [0.15, 0.2) is 123 Å². The Kier molecular flexibility index (Phi) is 8.36. The minimum absolute atomic E-state index is 0.0616. The van der Waals surface area contributed by atoms with E-state index >= 15 is 0 Å². The van der Waals surface area contributed by atoms with Crippen molar-refractivity contribution in [3.63, 3.8) is 0 Å². The van der Waals surface area contributed by atoms with Crippen molar-refractivity contribution in [3.05, 3.63) is 161 Å². The summed E-state index contributed by atoms with van der Waals surface area (Å²) in [5, 5.41) is 2.90. The van der Waals surface area contributed by atoms with Crippen LogP contribution in [0, 0.1) is 11.6 Å². The number of thiazole rings is 1. The van der Waals surface area contributed by atoms with Crippen LogP contribution in [0.3, 0.4) is 0 Å². The summed E-state index contributed by atoms with van der Waals surface area (Å²) in [6.07, 6.45) is 1.74. The van der Waals surface area contributed by atoms with Gasteiger partial charge in [-0.05, 0) is 82.5 Å². The van der Waals surface area contributed by atoms with Gasteiger partial charge in [-0.15, -0.1) is 0 Å². The van der Waals surface area contributed by atoms with Crippen molar-refractivity contribution in [1.82, 2.24) is 4.57 Å². The number of aromatic nitrogens is 1. The number of allylic oxidation sites excluding steroid dienone is 1. The number of amides is 1. The number of anilines is 1. The lowest BCUT2D eigenvalue weighted by Gasteiger charge is -2.25. The number of carbonyl (C=O) groups excluding carboxylic acids is 1. The van der Waals surface area contributed by atoms with Crippen LogP contribution in [0.4, 0.5) is 14.5 Å². The van der Waals surface area contributed by atoms with Crippen LogP contribution in [0.5, 0.6) is 5.75 Å². The van der Waals surface area contributed by atoms with E-state index in [1.807, 2.05) is 18.2 Å². The fourth-order valence-electron chi connectivity index (χ4n) is 4.94. The number of nitrogens with zero attached hydrogens (tertiary/aromatic N) is 2. The number of halogens is 3. The van der Waals surface area contributed by atoms with E-state index in [-0.39, 0.29) is 18.0 Å². The van der Waals surface area contributed by atoms with Crippen molar-refractivity contribution in [1.29, 1.82) is 0 Å². The van der Waals surface area contributed by atoms with E-state index in [4.69, 9.17) is 4.74 Å². The molecule has 1 N–H and O–H groups in total. The number of hydrogen-bond donors (Lipinski definition) is 1. The van der Waals surface area contributed by atoms with Gasteiger partial charge in [0, 0.05) is 11.3 Å². The zero-order chi connectivity index (χ0) is 30.8. The second kappa shape index (κ2) is 12.5. The number of nitrogens with one attached hydrogen (secondary N) is 1. The molecule has 1 atom stereocenters. The van der Waals surface area contributed by atoms with Crippen molar-refractivity contribution in [2.24, 2.45) is 4.99 Å². The van der Waals surface area contributed by atoms with Crippen molar-refractivity contribution in [2.75, 3.05) is 5.32 Å². The maximum absolute atomic E-state index is 14.0. The number of fused-ring (bicyclic) bond motifs is 1. The smallest absolute Gasteiger partial charge is 0.271 e. The molecule has 0 radical (unpaired) electrons. The molecular weight excluding hydrogens is 648 g/mol. The van der Waals surface area contributed by atoms with Crippen molar-refractivity contribution in [3.8, 4) is 5.75 Å². The van der Waals surface area contributed by atoms with Gasteiger partial charge in [0.1, 0.15) is 24.0 Å². The summed E-state index contributed by atoms with van der Waals surface area (Å²) in [7, 11) is 0. The quantitative estimate of drug-likeness (QED) is 0.215. The topological polar surface area (TPSA) is 72.7 Å². The van der Waals surface area contributed by atoms with Gasteiger partial charge in [0.15, 0.2) is 4.80 Å². The summed E-state index contributed by atoms with van der Waals surface area (Å²) in [6.45, 7) is 1.79. The first-order valence-electron chi connectivity index (χ1n) is 13.6. The molecule has 1 aliphatic rings. The van der Waals surface area contributed by atoms with E-state index in [2.05, 4.69) is 26.2 Å². The molecule has 2 heterocycles. The summed E-state index contributed by atoms with van der Waals surface area (Å²) in [5.41, 5.74) is 2.74. The van der Waals surface area contributed by atoms with Crippen LogP contribution in [-0.4, -0.2) is 10.5 Å². The maximum Gasteiger partial charge on any atom is 0.271 e. The highest BCUT2D eigenvalue weighted by atomic mass is 79.9. The molecule has 0 saturated carbocycles. The third-order valence-corrected chi connectivity index (χ3v) is 8.68. The largest absolute Gasteiger partial charge is 0.488 e. The summed E-state index contributed by atoms with van der Waals surface area (Å²) in [5.74, 6) is -0.654. The number of para-hydroxylation sites is 1. The molecule has 1 amide bonds. The molecule has 220 valence electrons. The Hall–Kier alpha value is -4.67. The zero-order valence-electron chi connectivity index (χ0n) is 23.3.